The monoisotopic (exact) mass is 266 g/mol. The lowest BCUT2D eigenvalue weighted by atomic mass is 9.79. The number of hydrogen-bond donors (Lipinski definition) is 1. The van der Waals surface area contributed by atoms with Gasteiger partial charge in [-0.25, -0.2) is 0 Å². The molecule has 1 heterocycles. The molecular weight excluding hydrogens is 240 g/mol. The quantitative estimate of drug-likeness (QED) is 0.777. The van der Waals surface area contributed by atoms with Crippen molar-refractivity contribution in [3.05, 3.63) is 0 Å². The fourth-order valence-corrected chi connectivity index (χ4v) is 4.98. The lowest BCUT2D eigenvalue weighted by Crippen LogP contribution is -2.42. The number of hydrogen-bond acceptors (Lipinski definition) is 3. The summed E-state index contributed by atoms with van der Waals surface area (Å²) in [7, 11) is 0. The van der Waals surface area contributed by atoms with Crippen LogP contribution < -0.4 is 5.32 Å². The molecule has 0 aromatic heterocycles. The van der Waals surface area contributed by atoms with Crippen molar-refractivity contribution in [2.75, 3.05) is 5.75 Å². The second-order valence-electron chi connectivity index (χ2n) is 7.01. The maximum absolute atomic E-state index is 5.09. The van der Waals surface area contributed by atoms with E-state index in [0.29, 0.717) is 11.1 Å². The van der Waals surface area contributed by atoms with Gasteiger partial charge < -0.3 is 5.32 Å². The van der Waals surface area contributed by atoms with E-state index in [4.69, 9.17) is 4.99 Å². The van der Waals surface area contributed by atoms with Crippen molar-refractivity contribution in [1.29, 1.82) is 0 Å². The predicted octanol–water partition coefficient (Wildman–Crippen LogP) is 3.96. The molecule has 0 bridgehead atoms. The Morgan fingerprint density at radius 2 is 1.83 bits per heavy atom. The van der Waals surface area contributed by atoms with E-state index in [1.54, 1.807) is 0 Å². The Labute approximate surface area is 115 Å². The van der Waals surface area contributed by atoms with Crippen LogP contribution in [0.25, 0.3) is 0 Å². The standard InChI is InChI=1S/C15H26N2S/c1-12-5-9-15(10-6-12)11-18-13(17-15)16-14(2)7-3-4-8-14/h12H,3-11H2,1-2H3,(H,16,17). The van der Waals surface area contributed by atoms with E-state index in [-0.39, 0.29) is 0 Å². The lowest BCUT2D eigenvalue weighted by Gasteiger charge is -2.32. The molecule has 1 spiro atoms. The summed E-state index contributed by atoms with van der Waals surface area (Å²) < 4.78 is 0. The molecule has 3 heteroatoms. The smallest absolute Gasteiger partial charge is 0.157 e. The summed E-state index contributed by atoms with van der Waals surface area (Å²) in [5.41, 5.74) is 0.633. The van der Waals surface area contributed by atoms with Crippen molar-refractivity contribution < 1.29 is 0 Å². The molecule has 102 valence electrons. The van der Waals surface area contributed by atoms with Gasteiger partial charge in [0.2, 0.25) is 0 Å². The van der Waals surface area contributed by atoms with Crippen LogP contribution in [0.2, 0.25) is 0 Å². The van der Waals surface area contributed by atoms with E-state index in [2.05, 4.69) is 19.2 Å². The molecule has 2 aliphatic carbocycles. The summed E-state index contributed by atoms with van der Waals surface area (Å²) in [6, 6.07) is 0. The highest BCUT2D eigenvalue weighted by Crippen LogP contribution is 2.42. The molecule has 1 aliphatic heterocycles. The minimum Gasteiger partial charge on any atom is -0.360 e. The second kappa shape index (κ2) is 4.73. The molecule has 18 heavy (non-hydrogen) atoms. The molecule has 3 aliphatic rings. The zero-order valence-electron chi connectivity index (χ0n) is 11.8. The van der Waals surface area contributed by atoms with Gasteiger partial charge in [-0.3, -0.25) is 4.99 Å². The highest BCUT2D eigenvalue weighted by atomic mass is 32.2. The van der Waals surface area contributed by atoms with Crippen LogP contribution in [-0.4, -0.2) is 22.0 Å². The summed E-state index contributed by atoms with van der Waals surface area (Å²) in [4.78, 5) is 5.09. The fourth-order valence-electron chi connectivity index (χ4n) is 3.64. The highest BCUT2D eigenvalue weighted by Gasteiger charge is 2.40. The largest absolute Gasteiger partial charge is 0.360 e. The third-order valence-corrected chi connectivity index (χ3v) is 6.29. The number of aliphatic imine (C=N–C) groups is 1. The number of nitrogens with one attached hydrogen (secondary N) is 1. The van der Waals surface area contributed by atoms with Crippen LogP contribution in [0, 0.1) is 5.92 Å². The van der Waals surface area contributed by atoms with Crippen molar-refractivity contribution in [3.8, 4) is 0 Å². The average Bonchev–Trinajstić information content (AvgIpc) is 2.92. The van der Waals surface area contributed by atoms with E-state index in [9.17, 15) is 0 Å². The lowest BCUT2D eigenvalue weighted by molar-refractivity contribution is 0.273. The van der Waals surface area contributed by atoms with Gasteiger partial charge in [0.25, 0.3) is 0 Å². The minimum absolute atomic E-state index is 0.300. The molecule has 0 saturated heterocycles. The third-order valence-electron chi connectivity index (χ3n) is 5.14. The van der Waals surface area contributed by atoms with Crippen LogP contribution in [0.4, 0.5) is 0 Å². The normalized spacial score (nSPS) is 39.0. The Bertz CT molecular complexity index is 336. The second-order valence-corrected chi connectivity index (χ2v) is 7.97. The summed E-state index contributed by atoms with van der Waals surface area (Å²) in [5, 5.41) is 4.99. The van der Waals surface area contributed by atoms with Gasteiger partial charge in [-0.05, 0) is 51.4 Å². The highest BCUT2D eigenvalue weighted by molar-refractivity contribution is 8.14. The minimum atomic E-state index is 0.300. The first-order valence-electron chi connectivity index (χ1n) is 7.60. The summed E-state index contributed by atoms with van der Waals surface area (Å²) in [6.45, 7) is 4.76. The Hall–Kier alpha value is -0.180. The number of amidine groups is 1. The molecule has 2 nitrogen and oxygen atoms in total. The van der Waals surface area contributed by atoms with E-state index < -0.39 is 0 Å². The van der Waals surface area contributed by atoms with E-state index >= 15 is 0 Å². The fraction of sp³-hybridized carbons (Fsp3) is 0.933. The number of nitrogens with zero attached hydrogens (tertiary/aromatic N) is 1. The van der Waals surface area contributed by atoms with Gasteiger partial charge in [-0.15, -0.1) is 0 Å². The van der Waals surface area contributed by atoms with E-state index in [1.165, 1.54) is 62.3 Å². The molecule has 0 aromatic rings. The SMILES string of the molecule is CC1CCC2(CC1)CSC(NC1(C)CCCC1)=N2. The van der Waals surface area contributed by atoms with Gasteiger partial charge in [0, 0.05) is 11.3 Å². The topological polar surface area (TPSA) is 24.4 Å². The molecular formula is C15H26N2S. The molecule has 2 fully saturated rings. The summed E-state index contributed by atoms with van der Waals surface area (Å²) in [5.74, 6) is 2.14. The molecule has 3 rings (SSSR count). The van der Waals surface area contributed by atoms with Gasteiger partial charge in [-0.1, -0.05) is 31.5 Å². The molecule has 1 N–H and O–H groups in total. The molecule has 0 aromatic carbocycles. The molecule has 0 radical (unpaired) electrons. The predicted molar refractivity (Wildman–Crippen MR) is 80.3 cm³/mol. The zero-order valence-corrected chi connectivity index (χ0v) is 12.6. The van der Waals surface area contributed by atoms with Crippen LogP contribution >= 0.6 is 11.8 Å². The van der Waals surface area contributed by atoms with Crippen molar-refractivity contribution >= 4 is 16.9 Å². The zero-order chi connectivity index (χ0) is 12.6. The Balaban J connectivity index is 1.64. The van der Waals surface area contributed by atoms with Crippen molar-refractivity contribution in [1.82, 2.24) is 5.32 Å². The van der Waals surface area contributed by atoms with Crippen molar-refractivity contribution in [3.63, 3.8) is 0 Å². The van der Waals surface area contributed by atoms with Gasteiger partial charge in [0.15, 0.2) is 5.17 Å². The first kappa shape index (κ1) is 12.8. The van der Waals surface area contributed by atoms with Crippen LogP contribution in [0.15, 0.2) is 4.99 Å². The van der Waals surface area contributed by atoms with Crippen molar-refractivity contribution in [2.45, 2.75) is 76.3 Å². The van der Waals surface area contributed by atoms with E-state index in [0.717, 1.165) is 5.92 Å². The Kier molecular flexibility index (Phi) is 3.38. The maximum atomic E-state index is 5.09. The third kappa shape index (κ3) is 2.56. The Morgan fingerprint density at radius 1 is 1.17 bits per heavy atom. The van der Waals surface area contributed by atoms with E-state index in [1.807, 2.05) is 11.8 Å². The van der Waals surface area contributed by atoms with Gasteiger partial charge in [0.1, 0.15) is 0 Å². The van der Waals surface area contributed by atoms with Crippen molar-refractivity contribution in [2.24, 2.45) is 10.9 Å². The summed E-state index contributed by atoms with van der Waals surface area (Å²) >= 11 is 1.97. The molecule has 2 saturated carbocycles. The molecule has 0 amide bonds. The van der Waals surface area contributed by atoms with Gasteiger partial charge in [-0.2, -0.15) is 0 Å². The number of rotatable bonds is 1. The van der Waals surface area contributed by atoms with Gasteiger partial charge >= 0.3 is 0 Å². The Morgan fingerprint density at radius 3 is 2.50 bits per heavy atom. The average molecular weight is 266 g/mol. The first-order valence-corrected chi connectivity index (χ1v) is 8.59. The maximum Gasteiger partial charge on any atom is 0.157 e. The van der Waals surface area contributed by atoms with Crippen LogP contribution in [0.3, 0.4) is 0 Å². The van der Waals surface area contributed by atoms with Gasteiger partial charge in [0.05, 0.1) is 5.54 Å². The summed E-state index contributed by atoms with van der Waals surface area (Å²) in [6.07, 6.45) is 10.7. The first-order chi connectivity index (χ1) is 8.59. The molecule has 0 atom stereocenters. The molecule has 0 unspecified atom stereocenters. The van der Waals surface area contributed by atoms with Crippen LogP contribution in [-0.2, 0) is 0 Å². The number of thioether (sulfide) groups is 1. The van der Waals surface area contributed by atoms with Crippen LogP contribution in [0.1, 0.15) is 65.2 Å². The van der Waals surface area contributed by atoms with Crippen LogP contribution in [0.5, 0.6) is 0 Å².